The van der Waals surface area contributed by atoms with Gasteiger partial charge in [-0.15, -0.1) is 10.2 Å². The second-order valence-electron chi connectivity index (χ2n) is 5.79. The van der Waals surface area contributed by atoms with E-state index in [0.717, 1.165) is 24.0 Å². The minimum absolute atomic E-state index is 0.215. The molecule has 106 valence electrons. The Kier molecular flexibility index (Phi) is 4.03. The summed E-state index contributed by atoms with van der Waals surface area (Å²) in [5.74, 6) is 1.46. The maximum absolute atomic E-state index is 11.7. The van der Waals surface area contributed by atoms with Crippen LogP contribution in [0.4, 0.5) is 4.79 Å². The van der Waals surface area contributed by atoms with Crippen LogP contribution in [0.3, 0.4) is 0 Å². The fourth-order valence-corrected chi connectivity index (χ4v) is 2.70. The zero-order chi connectivity index (χ0) is 14.0. The van der Waals surface area contributed by atoms with Gasteiger partial charge in [-0.1, -0.05) is 11.8 Å². The highest BCUT2D eigenvalue weighted by Gasteiger charge is 2.33. The van der Waals surface area contributed by atoms with Crippen molar-refractivity contribution in [3.63, 3.8) is 0 Å². The third-order valence-corrected chi connectivity index (χ3v) is 3.99. The molecule has 0 aliphatic carbocycles. The van der Waals surface area contributed by atoms with E-state index in [0.29, 0.717) is 5.92 Å². The van der Waals surface area contributed by atoms with Gasteiger partial charge in [0.15, 0.2) is 5.16 Å². The topological polar surface area (TPSA) is 60.2 Å². The summed E-state index contributed by atoms with van der Waals surface area (Å²) in [6.45, 7) is 7.17. The van der Waals surface area contributed by atoms with Gasteiger partial charge >= 0.3 is 6.09 Å². The van der Waals surface area contributed by atoms with Crippen LogP contribution in [-0.2, 0) is 11.8 Å². The number of carbonyl (C=O) groups is 1. The number of ether oxygens (including phenoxy) is 1. The number of thioether (sulfide) groups is 1. The molecule has 1 amide bonds. The first-order valence-corrected chi connectivity index (χ1v) is 7.28. The number of nitrogens with zero attached hydrogens (tertiary/aromatic N) is 4. The molecule has 0 N–H and O–H groups in total. The van der Waals surface area contributed by atoms with Gasteiger partial charge in [-0.25, -0.2) is 4.79 Å². The van der Waals surface area contributed by atoms with Crippen molar-refractivity contribution < 1.29 is 9.53 Å². The molecule has 0 bridgehead atoms. The van der Waals surface area contributed by atoms with Crippen molar-refractivity contribution in [2.45, 2.75) is 31.5 Å². The Bertz CT molecular complexity index is 449. The number of rotatable bonds is 3. The van der Waals surface area contributed by atoms with Gasteiger partial charge < -0.3 is 14.2 Å². The maximum atomic E-state index is 11.7. The number of carbonyl (C=O) groups excluding carboxylic acids is 1. The van der Waals surface area contributed by atoms with Crippen LogP contribution in [0.1, 0.15) is 20.8 Å². The number of hydrogen-bond donors (Lipinski definition) is 0. The minimum Gasteiger partial charge on any atom is -0.444 e. The molecule has 0 radical (unpaired) electrons. The zero-order valence-electron chi connectivity index (χ0n) is 11.8. The predicted molar refractivity (Wildman–Crippen MR) is 73.0 cm³/mol. The van der Waals surface area contributed by atoms with Crippen LogP contribution in [0.15, 0.2) is 11.5 Å². The molecule has 7 heteroatoms. The quantitative estimate of drug-likeness (QED) is 0.792. The molecule has 1 fully saturated rings. The van der Waals surface area contributed by atoms with Gasteiger partial charge in [-0.05, 0) is 20.8 Å². The van der Waals surface area contributed by atoms with Crippen molar-refractivity contribution in [1.29, 1.82) is 0 Å². The van der Waals surface area contributed by atoms with Crippen molar-refractivity contribution in [2.75, 3.05) is 18.8 Å². The molecule has 1 aromatic rings. The van der Waals surface area contributed by atoms with E-state index in [1.165, 1.54) is 0 Å². The van der Waals surface area contributed by atoms with Crippen LogP contribution in [-0.4, -0.2) is 50.2 Å². The number of aromatic nitrogens is 3. The highest BCUT2D eigenvalue weighted by Crippen LogP contribution is 2.25. The summed E-state index contributed by atoms with van der Waals surface area (Å²) in [7, 11) is 1.93. The number of hydrogen-bond acceptors (Lipinski definition) is 5. The molecule has 2 heterocycles. The molecule has 6 nitrogen and oxygen atoms in total. The normalized spacial score (nSPS) is 16.3. The minimum atomic E-state index is -0.421. The van der Waals surface area contributed by atoms with E-state index in [-0.39, 0.29) is 6.09 Å². The van der Waals surface area contributed by atoms with Crippen molar-refractivity contribution in [1.82, 2.24) is 19.7 Å². The molecule has 0 aromatic carbocycles. The predicted octanol–water partition coefficient (Wildman–Crippen LogP) is 1.77. The summed E-state index contributed by atoms with van der Waals surface area (Å²) in [5.41, 5.74) is -0.421. The molecule has 1 aliphatic heterocycles. The molecule has 2 rings (SSSR count). The largest absolute Gasteiger partial charge is 0.444 e. The second kappa shape index (κ2) is 5.40. The summed E-state index contributed by atoms with van der Waals surface area (Å²) in [4.78, 5) is 13.5. The standard InChI is InChI=1S/C12H20N4O2S/c1-12(2,3)18-11(17)16-5-9(6-16)7-19-10-14-13-8-15(10)4/h8-9H,5-7H2,1-4H3. The zero-order valence-corrected chi connectivity index (χ0v) is 12.6. The SMILES string of the molecule is Cn1cnnc1SCC1CN(C(=O)OC(C)(C)C)C1. The molecule has 19 heavy (non-hydrogen) atoms. The van der Waals surface area contributed by atoms with Crippen LogP contribution in [0, 0.1) is 5.92 Å². The molecule has 1 aromatic heterocycles. The monoisotopic (exact) mass is 284 g/mol. The third kappa shape index (κ3) is 3.86. The van der Waals surface area contributed by atoms with Crippen LogP contribution in [0.5, 0.6) is 0 Å². The lowest BCUT2D eigenvalue weighted by molar-refractivity contribution is 0.00214. The fraction of sp³-hybridized carbons (Fsp3) is 0.750. The first-order valence-electron chi connectivity index (χ1n) is 6.30. The molecule has 0 saturated carbocycles. The van der Waals surface area contributed by atoms with E-state index >= 15 is 0 Å². The molecular formula is C12H20N4O2S. The molecule has 1 saturated heterocycles. The lowest BCUT2D eigenvalue weighted by Crippen LogP contribution is -2.52. The van der Waals surface area contributed by atoms with Crippen LogP contribution in [0.25, 0.3) is 0 Å². The average molecular weight is 284 g/mol. The second-order valence-corrected chi connectivity index (χ2v) is 6.77. The Hall–Kier alpha value is -1.24. The Morgan fingerprint density at radius 2 is 2.21 bits per heavy atom. The molecule has 0 atom stereocenters. The Morgan fingerprint density at radius 1 is 1.53 bits per heavy atom. The molecule has 0 spiro atoms. The molecular weight excluding hydrogens is 264 g/mol. The number of likely N-dealkylation sites (tertiary alicyclic amines) is 1. The fourth-order valence-electron chi connectivity index (χ4n) is 1.75. The van der Waals surface area contributed by atoms with Gasteiger partial charge in [0.2, 0.25) is 0 Å². The van der Waals surface area contributed by atoms with E-state index in [1.54, 1.807) is 23.0 Å². The van der Waals surface area contributed by atoms with Gasteiger partial charge in [-0.2, -0.15) is 0 Å². The van der Waals surface area contributed by atoms with Crippen LogP contribution >= 0.6 is 11.8 Å². The summed E-state index contributed by atoms with van der Waals surface area (Å²) in [6.07, 6.45) is 1.48. The summed E-state index contributed by atoms with van der Waals surface area (Å²) in [6, 6.07) is 0. The number of aryl methyl sites for hydroxylation is 1. The van der Waals surface area contributed by atoms with E-state index in [9.17, 15) is 4.79 Å². The van der Waals surface area contributed by atoms with Gasteiger partial charge in [0.1, 0.15) is 11.9 Å². The van der Waals surface area contributed by atoms with Gasteiger partial charge in [0.05, 0.1) is 0 Å². The Labute approximate surface area is 117 Å². The number of amides is 1. The van der Waals surface area contributed by atoms with Gasteiger partial charge in [0, 0.05) is 31.8 Å². The van der Waals surface area contributed by atoms with E-state index in [1.807, 2.05) is 32.4 Å². The molecule has 0 unspecified atom stereocenters. The van der Waals surface area contributed by atoms with E-state index in [4.69, 9.17) is 4.74 Å². The maximum Gasteiger partial charge on any atom is 0.410 e. The van der Waals surface area contributed by atoms with Crippen LogP contribution in [0.2, 0.25) is 0 Å². The Balaban J connectivity index is 1.69. The highest BCUT2D eigenvalue weighted by atomic mass is 32.2. The van der Waals surface area contributed by atoms with Crippen molar-refractivity contribution in [3.05, 3.63) is 6.33 Å². The first kappa shape index (κ1) is 14.2. The van der Waals surface area contributed by atoms with Crippen molar-refractivity contribution in [3.8, 4) is 0 Å². The third-order valence-electron chi connectivity index (χ3n) is 2.73. The smallest absolute Gasteiger partial charge is 0.410 e. The summed E-state index contributed by atoms with van der Waals surface area (Å²) in [5, 5.41) is 8.77. The average Bonchev–Trinajstić information content (AvgIpc) is 2.59. The lowest BCUT2D eigenvalue weighted by atomic mass is 10.0. The van der Waals surface area contributed by atoms with E-state index in [2.05, 4.69) is 10.2 Å². The van der Waals surface area contributed by atoms with E-state index < -0.39 is 5.60 Å². The summed E-state index contributed by atoms with van der Waals surface area (Å²) < 4.78 is 7.21. The lowest BCUT2D eigenvalue weighted by Gasteiger charge is -2.39. The highest BCUT2D eigenvalue weighted by molar-refractivity contribution is 7.99. The Morgan fingerprint density at radius 3 is 2.74 bits per heavy atom. The van der Waals surface area contributed by atoms with Crippen molar-refractivity contribution in [2.24, 2.45) is 13.0 Å². The van der Waals surface area contributed by atoms with Gasteiger partial charge in [0.25, 0.3) is 0 Å². The van der Waals surface area contributed by atoms with Crippen LogP contribution < -0.4 is 0 Å². The van der Waals surface area contributed by atoms with Crippen molar-refractivity contribution >= 4 is 17.9 Å². The first-order chi connectivity index (χ1) is 8.85. The molecule has 1 aliphatic rings. The van der Waals surface area contributed by atoms with Gasteiger partial charge in [-0.3, -0.25) is 0 Å². The summed E-state index contributed by atoms with van der Waals surface area (Å²) >= 11 is 1.68.